The molecule has 3 aromatic rings. The zero-order valence-electron chi connectivity index (χ0n) is 17.6. The molecule has 0 radical (unpaired) electrons. The number of hydrogen-bond acceptors (Lipinski definition) is 4. The Bertz CT molecular complexity index is 1030. The first-order valence-electron chi connectivity index (χ1n) is 10.2. The molecular formula is C23H28N4O2. The third-order valence-corrected chi connectivity index (χ3v) is 5.38. The van der Waals surface area contributed by atoms with Gasteiger partial charge in [-0.05, 0) is 64.3 Å². The number of piperidine rings is 1. The fourth-order valence-electron chi connectivity index (χ4n) is 3.92. The number of likely N-dealkylation sites (tertiary alicyclic amines) is 1. The van der Waals surface area contributed by atoms with Crippen LogP contribution in [0.3, 0.4) is 0 Å². The van der Waals surface area contributed by atoms with E-state index in [0.29, 0.717) is 13.1 Å². The molecule has 0 unspecified atom stereocenters. The number of carbonyl (C=O) groups is 1. The summed E-state index contributed by atoms with van der Waals surface area (Å²) in [6.45, 7) is 9.10. The van der Waals surface area contributed by atoms with Crippen molar-refractivity contribution in [1.82, 2.24) is 19.7 Å². The number of benzene rings is 1. The number of fused-ring (bicyclic) bond motifs is 1. The van der Waals surface area contributed by atoms with Crippen LogP contribution < -0.4 is 0 Å². The number of aromatic nitrogens is 3. The average molecular weight is 393 g/mol. The molecule has 0 spiro atoms. The second kappa shape index (κ2) is 7.50. The highest BCUT2D eigenvalue weighted by Gasteiger charge is 2.28. The van der Waals surface area contributed by atoms with E-state index in [9.17, 15) is 4.79 Å². The van der Waals surface area contributed by atoms with Crippen molar-refractivity contribution in [2.45, 2.75) is 52.2 Å². The van der Waals surface area contributed by atoms with E-state index in [1.54, 1.807) is 4.90 Å². The molecule has 6 heteroatoms. The standard InChI is InChI=1S/C23H28N4O2/c1-16-20(6-5-11-24-16)17-7-8-21-18(14-17)15-25-27(21)19-9-12-26(13-10-19)22(28)29-23(2,3)4/h5-8,11,14-15,19H,9-10,12-13H2,1-4H3. The van der Waals surface area contributed by atoms with E-state index in [1.165, 1.54) is 0 Å². The number of pyridine rings is 1. The van der Waals surface area contributed by atoms with E-state index in [1.807, 2.05) is 46.2 Å². The molecule has 1 aliphatic heterocycles. The smallest absolute Gasteiger partial charge is 0.410 e. The molecule has 1 fully saturated rings. The van der Waals surface area contributed by atoms with Gasteiger partial charge in [0.05, 0.1) is 17.8 Å². The van der Waals surface area contributed by atoms with Gasteiger partial charge in [0.2, 0.25) is 0 Å². The van der Waals surface area contributed by atoms with Crippen LogP contribution in [0, 0.1) is 6.92 Å². The highest BCUT2D eigenvalue weighted by molar-refractivity contribution is 5.85. The van der Waals surface area contributed by atoms with Crippen molar-refractivity contribution < 1.29 is 9.53 Å². The van der Waals surface area contributed by atoms with Gasteiger partial charge in [0.1, 0.15) is 5.60 Å². The first kappa shape index (κ1) is 19.4. The number of ether oxygens (including phenoxy) is 1. The zero-order valence-corrected chi connectivity index (χ0v) is 17.6. The molecule has 4 rings (SSSR count). The minimum atomic E-state index is -0.462. The van der Waals surface area contributed by atoms with Crippen molar-refractivity contribution in [3.63, 3.8) is 0 Å². The van der Waals surface area contributed by atoms with E-state index in [-0.39, 0.29) is 12.1 Å². The van der Waals surface area contributed by atoms with Gasteiger partial charge in [0.15, 0.2) is 0 Å². The van der Waals surface area contributed by atoms with Gasteiger partial charge in [-0.3, -0.25) is 9.67 Å². The van der Waals surface area contributed by atoms with Gasteiger partial charge in [-0.2, -0.15) is 5.10 Å². The molecular weight excluding hydrogens is 364 g/mol. The largest absolute Gasteiger partial charge is 0.444 e. The summed E-state index contributed by atoms with van der Waals surface area (Å²) in [7, 11) is 0. The summed E-state index contributed by atoms with van der Waals surface area (Å²) in [5.74, 6) is 0. The summed E-state index contributed by atoms with van der Waals surface area (Å²) in [5, 5.41) is 5.80. The molecule has 3 heterocycles. The van der Waals surface area contributed by atoms with Crippen LogP contribution in [-0.4, -0.2) is 44.4 Å². The summed E-state index contributed by atoms with van der Waals surface area (Å²) in [4.78, 5) is 18.5. The van der Waals surface area contributed by atoms with Crippen LogP contribution in [0.25, 0.3) is 22.0 Å². The number of aryl methyl sites for hydroxylation is 1. The van der Waals surface area contributed by atoms with Gasteiger partial charge >= 0.3 is 6.09 Å². The van der Waals surface area contributed by atoms with Crippen LogP contribution in [0.5, 0.6) is 0 Å². The average Bonchev–Trinajstić information content (AvgIpc) is 3.10. The van der Waals surface area contributed by atoms with Crippen LogP contribution in [0.2, 0.25) is 0 Å². The molecule has 1 aliphatic rings. The van der Waals surface area contributed by atoms with Gasteiger partial charge in [-0.1, -0.05) is 12.1 Å². The van der Waals surface area contributed by atoms with Crippen LogP contribution in [0.1, 0.15) is 45.3 Å². The second-order valence-electron chi connectivity index (χ2n) is 8.70. The Morgan fingerprint density at radius 1 is 1.17 bits per heavy atom. The van der Waals surface area contributed by atoms with Crippen molar-refractivity contribution in [2.75, 3.05) is 13.1 Å². The molecule has 2 aromatic heterocycles. The molecule has 152 valence electrons. The number of amides is 1. The Hall–Kier alpha value is -2.89. The van der Waals surface area contributed by atoms with Crippen molar-refractivity contribution in [1.29, 1.82) is 0 Å². The Balaban J connectivity index is 1.50. The van der Waals surface area contributed by atoms with Gasteiger partial charge in [0.25, 0.3) is 0 Å². The van der Waals surface area contributed by atoms with Gasteiger partial charge in [-0.15, -0.1) is 0 Å². The fraction of sp³-hybridized carbons (Fsp3) is 0.435. The Labute approximate surface area is 171 Å². The molecule has 6 nitrogen and oxygen atoms in total. The minimum absolute atomic E-state index is 0.224. The lowest BCUT2D eigenvalue weighted by Crippen LogP contribution is -2.42. The minimum Gasteiger partial charge on any atom is -0.444 e. The van der Waals surface area contributed by atoms with E-state index in [0.717, 1.165) is 40.6 Å². The van der Waals surface area contributed by atoms with Crippen molar-refractivity contribution in [3.8, 4) is 11.1 Å². The van der Waals surface area contributed by atoms with Crippen molar-refractivity contribution in [2.24, 2.45) is 0 Å². The SMILES string of the molecule is Cc1ncccc1-c1ccc2c(cnn2C2CCN(C(=O)OC(C)(C)C)CC2)c1. The maximum Gasteiger partial charge on any atom is 0.410 e. The van der Waals surface area contributed by atoms with Crippen molar-refractivity contribution in [3.05, 3.63) is 48.4 Å². The lowest BCUT2D eigenvalue weighted by Gasteiger charge is -2.33. The number of carbonyl (C=O) groups excluding carboxylic acids is 1. The quantitative estimate of drug-likeness (QED) is 0.617. The summed E-state index contributed by atoms with van der Waals surface area (Å²) < 4.78 is 7.61. The summed E-state index contributed by atoms with van der Waals surface area (Å²) >= 11 is 0. The molecule has 0 N–H and O–H groups in total. The van der Waals surface area contributed by atoms with Crippen LogP contribution in [0.4, 0.5) is 4.79 Å². The molecule has 1 aromatic carbocycles. The fourth-order valence-corrected chi connectivity index (χ4v) is 3.92. The third-order valence-electron chi connectivity index (χ3n) is 5.38. The summed E-state index contributed by atoms with van der Waals surface area (Å²) in [5.41, 5.74) is 3.99. The number of rotatable bonds is 2. The van der Waals surface area contributed by atoms with Crippen LogP contribution in [0.15, 0.2) is 42.7 Å². The third kappa shape index (κ3) is 4.11. The van der Waals surface area contributed by atoms with Crippen LogP contribution >= 0.6 is 0 Å². The highest BCUT2D eigenvalue weighted by atomic mass is 16.6. The summed E-state index contributed by atoms with van der Waals surface area (Å²) in [6, 6.07) is 10.8. The lowest BCUT2D eigenvalue weighted by molar-refractivity contribution is 0.0186. The Kier molecular flexibility index (Phi) is 5.03. The predicted octanol–water partition coefficient (Wildman–Crippen LogP) is 4.98. The van der Waals surface area contributed by atoms with Gasteiger partial charge in [0, 0.05) is 35.9 Å². The van der Waals surface area contributed by atoms with E-state index in [2.05, 4.69) is 39.0 Å². The van der Waals surface area contributed by atoms with Crippen molar-refractivity contribution >= 4 is 17.0 Å². The summed E-state index contributed by atoms with van der Waals surface area (Å²) in [6.07, 6.45) is 5.28. The maximum atomic E-state index is 12.3. The number of hydrogen-bond donors (Lipinski definition) is 0. The van der Waals surface area contributed by atoms with E-state index < -0.39 is 5.60 Å². The Morgan fingerprint density at radius 3 is 2.62 bits per heavy atom. The Morgan fingerprint density at radius 2 is 1.93 bits per heavy atom. The molecule has 0 atom stereocenters. The number of nitrogens with zero attached hydrogens (tertiary/aromatic N) is 4. The molecule has 0 bridgehead atoms. The predicted molar refractivity (Wildman–Crippen MR) is 114 cm³/mol. The van der Waals surface area contributed by atoms with Gasteiger partial charge in [-0.25, -0.2) is 4.79 Å². The van der Waals surface area contributed by atoms with Gasteiger partial charge < -0.3 is 9.64 Å². The topological polar surface area (TPSA) is 60.2 Å². The zero-order chi connectivity index (χ0) is 20.6. The van der Waals surface area contributed by atoms with E-state index in [4.69, 9.17) is 4.74 Å². The first-order chi connectivity index (χ1) is 13.8. The highest BCUT2D eigenvalue weighted by Crippen LogP contribution is 2.30. The molecule has 1 saturated heterocycles. The maximum absolute atomic E-state index is 12.3. The van der Waals surface area contributed by atoms with Crippen LogP contribution in [-0.2, 0) is 4.74 Å². The molecule has 0 aliphatic carbocycles. The lowest BCUT2D eigenvalue weighted by atomic mass is 10.0. The molecule has 0 saturated carbocycles. The first-order valence-corrected chi connectivity index (χ1v) is 10.2. The second-order valence-corrected chi connectivity index (χ2v) is 8.70. The monoisotopic (exact) mass is 392 g/mol. The molecule has 1 amide bonds. The van der Waals surface area contributed by atoms with E-state index >= 15 is 0 Å². The molecule has 29 heavy (non-hydrogen) atoms. The normalized spacial score (nSPS) is 15.7.